The maximum Gasteiger partial charge on any atom is 0.527 e. The van der Waals surface area contributed by atoms with Gasteiger partial charge in [-0.3, -0.25) is 14.2 Å². The molecule has 0 radical (unpaired) electrons. The van der Waals surface area contributed by atoms with Crippen molar-refractivity contribution in [3.63, 3.8) is 0 Å². The number of esters is 1. The third kappa shape index (κ3) is 4.47. The summed E-state index contributed by atoms with van der Waals surface area (Å²) < 4.78 is 30.3. The molecule has 10 nitrogen and oxygen atoms in total. The predicted molar refractivity (Wildman–Crippen MR) is 147 cm³/mol. The van der Waals surface area contributed by atoms with Crippen LogP contribution in [-0.2, 0) is 43.8 Å². The van der Waals surface area contributed by atoms with Gasteiger partial charge in [-0.2, -0.15) is 0 Å². The van der Waals surface area contributed by atoms with Crippen LogP contribution in [0.2, 0.25) is 0 Å². The van der Waals surface area contributed by atoms with Crippen LogP contribution in [0.5, 0.6) is 5.75 Å². The van der Waals surface area contributed by atoms with E-state index in [2.05, 4.69) is 0 Å². The van der Waals surface area contributed by atoms with Crippen molar-refractivity contribution in [2.75, 3.05) is 6.61 Å². The highest BCUT2D eigenvalue weighted by molar-refractivity contribution is 7.47. The van der Waals surface area contributed by atoms with E-state index in [1.165, 1.54) is 6.42 Å². The first kappa shape index (κ1) is 27.1. The molecule has 1 aliphatic carbocycles. The number of carbonyl (C=O) groups excluding carboxylic acids is 1. The maximum absolute atomic E-state index is 13.5. The van der Waals surface area contributed by atoms with E-state index >= 15 is 0 Å². The molecule has 0 spiro atoms. The molecule has 0 bridgehead atoms. The smallest absolute Gasteiger partial charge is 0.458 e. The molecule has 2 aromatic heterocycles. The molecule has 0 amide bonds. The largest absolute Gasteiger partial charge is 0.527 e. The van der Waals surface area contributed by atoms with Crippen LogP contribution in [0.25, 0.3) is 22.3 Å². The van der Waals surface area contributed by atoms with Gasteiger partial charge >= 0.3 is 13.8 Å². The Labute approximate surface area is 231 Å². The van der Waals surface area contributed by atoms with E-state index in [1.807, 2.05) is 6.92 Å². The quantitative estimate of drug-likeness (QED) is 0.240. The van der Waals surface area contributed by atoms with E-state index in [1.54, 1.807) is 35.8 Å². The van der Waals surface area contributed by atoms with Gasteiger partial charge in [0.05, 0.1) is 35.6 Å². The third-order valence-electron chi connectivity index (χ3n) is 8.55. The number of pyridine rings is 2. The standard InChI is InChI=1S/C29H33N2O8P/c1-3-19-20-12-18(39-40(35,36)38-15-17-8-6-5-7-9-17)10-11-24(20)30-26-21(19)14-31-25(26)13-23-22(27(31)32)16-37-28(33)29(23,34)4-2/h10-13,17,34H,3-9,14-16H2,1-2H3,(H,35,36)/t29-/m0/s1. The Morgan fingerprint density at radius 2 is 1.93 bits per heavy atom. The van der Waals surface area contributed by atoms with Crippen LogP contribution < -0.4 is 10.1 Å². The van der Waals surface area contributed by atoms with E-state index in [4.69, 9.17) is 18.8 Å². The van der Waals surface area contributed by atoms with Crippen molar-refractivity contribution in [2.24, 2.45) is 5.92 Å². The van der Waals surface area contributed by atoms with Crippen LogP contribution in [0, 0.1) is 5.92 Å². The van der Waals surface area contributed by atoms with Gasteiger partial charge in [0, 0.05) is 16.5 Å². The van der Waals surface area contributed by atoms with Crippen LogP contribution in [0.3, 0.4) is 0 Å². The highest BCUT2D eigenvalue weighted by Gasteiger charge is 2.45. The first-order chi connectivity index (χ1) is 19.1. The molecule has 1 saturated carbocycles. The number of hydrogen-bond donors (Lipinski definition) is 2. The Balaban J connectivity index is 1.36. The van der Waals surface area contributed by atoms with E-state index in [0.717, 1.165) is 42.2 Å². The molecule has 40 heavy (non-hydrogen) atoms. The van der Waals surface area contributed by atoms with Gasteiger partial charge in [0.1, 0.15) is 12.4 Å². The van der Waals surface area contributed by atoms with Gasteiger partial charge < -0.3 is 18.9 Å². The molecular weight excluding hydrogens is 535 g/mol. The van der Waals surface area contributed by atoms with Crippen molar-refractivity contribution in [1.82, 2.24) is 9.55 Å². The molecular formula is C29H33N2O8P. The average molecular weight is 569 g/mol. The van der Waals surface area contributed by atoms with Gasteiger partial charge in [0.25, 0.3) is 5.56 Å². The van der Waals surface area contributed by atoms with Crippen molar-refractivity contribution < 1.29 is 33.1 Å². The Morgan fingerprint density at radius 1 is 1.15 bits per heavy atom. The molecule has 0 saturated heterocycles. The number of hydrogen-bond acceptors (Lipinski definition) is 8. The number of nitrogens with zero attached hydrogens (tertiary/aromatic N) is 2. The van der Waals surface area contributed by atoms with E-state index in [0.29, 0.717) is 23.3 Å². The van der Waals surface area contributed by atoms with Crippen molar-refractivity contribution in [1.29, 1.82) is 0 Å². The summed E-state index contributed by atoms with van der Waals surface area (Å²) in [5, 5.41) is 11.9. The lowest BCUT2D eigenvalue weighted by Gasteiger charge is -2.31. The monoisotopic (exact) mass is 568 g/mol. The van der Waals surface area contributed by atoms with Gasteiger partial charge in [-0.05, 0) is 61.4 Å². The number of cyclic esters (lactones) is 1. The second-order valence-electron chi connectivity index (χ2n) is 10.9. The van der Waals surface area contributed by atoms with Crippen molar-refractivity contribution >= 4 is 24.7 Å². The van der Waals surface area contributed by atoms with Crippen LogP contribution in [0.15, 0.2) is 29.1 Å². The van der Waals surface area contributed by atoms with Gasteiger partial charge in [-0.15, -0.1) is 0 Å². The molecule has 3 aromatic rings. The summed E-state index contributed by atoms with van der Waals surface area (Å²) in [6.07, 6.45) is 6.07. The fraction of sp³-hybridized carbons (Fsp3) is 0.483. The summed E-state index contributed by atoms with van der Waals surface area (Å²) in [5.74, 6) is -0.297. The number of phosphoric ester groups is 1. The predicted octanol–water partition coefficient (Wildman–Crippen LogP) is 4.72. The lowest BCUT2D eigenvalue weighted by Crippen LogP contribution is -2.44. The summed E-state index contributed by atoms with van der Waals surface area (Å²) in [5.41, 5.74) is 1.88. The number of aryl methyl sites for hydroxylation is 1. The van der Waals surface area contributed by atoms with Gasteiger partial charge in [-0.1, -0.05) is 33.1 Å². The molecule has 11 heteroatoms. The average Bonchev–Trinajstić information content (AvgIpc) is 3.32. The number of ether oxygens (including phenoxy) is 1. The van der Waals surface area contributed by atoms with E-state index < -0.39 is 19.4 Å². The second-order valence-corrected chi connectivity index (χ2v) is 12.3. The number of aliphatic hydroxyl groups is 1. The molecule has 1 unspecified atom stereocenters. The first-order valence-corrected chi connectivity index (χ1v) is 15.4. The number of benzene rings is 1. The second kappa shape index (κ2) is 10.1. The molecule has 2 aliphatic heterocycles. The fourth-order valence-corrected chi connectivity index (χ4v) is 7.15. The molecule has 4 heterocycles. The zero-order chi connectivity index (χ0) is 28.2. The molecule has 3 aliphatic rings. The minimum atomic E-state index is -4.31. The molecule has 1 fully saturated rings. The Kier molecular flexibility index (Phi) is 6.86. The minimum absolute atomic E-state index is 0.0712. The zero-order valence-corrected chi connectivity index (χ0v) is 23.5. The fourth-order valence-electron chi connectivity index (χ4n) is 6.31. The SMILES string of the molecule is CCc1c2c(nc3ccc(OP(=O)(O)OCC4CCCCC4)cc13)-c1cc3c(c(=O)n1C2)COC(=O)[C@]3(O)CC. The van der Waals surface area contributed by atoms with Crippen molar-refractivity contribution in [2.45, 2.75) is 77.5 Å². The summed E-state index contributed by atoms with van der Waals surface area (Å²) >= 11 is 0. The van der Waals surface area contributed by atoms with Crippen molar-refractivity contribution in [3.8, 4) is 17.1 Å². The molecule has 1 aromatic carbocycles. The van der Waals surface area contributed by atoms with Gasteiger partial charge in [-0.25, -0.2) is 14.3 Å². The molecule has 2 atom stereocenters. The third-order valence-corrected chi connectivity index (χ3v) is 9.47. The van der Waals surface area contributed by atoms with Crippen LogP contribution in [0.1, 0.15) is 74.6 Å². The lowest BCUT2D eigenvalue weighted by molar-refractivity contribution is -0.172. The number of rotatable bonds is 7. The number of carbonyl (C=O) groups is 1. The van der Waals surface area contributed by atoms with Crippen molar-refractivity contribution in [3.05, 3.63) is 56.9 Å². The van der Waals surface area contributed by atoms with Crippen LogP contribution in [0.4, 0.5) is 0 Å². The summed E-state index contributed by atoms with van der Waals surface area (Å²) in [6.45, 7) is 3.94. The molecule has 212 valence electrons. The topological polar surface area (TPSA) is 137 Å². The minimum Gasteiger partial charge on any atom is -0.458 e. The zero-order valence-electron chi connectivity index (χ0n) is 22.6. The lowest BCUT2D eigenvalue weighted by atomic mass is 9.86. The normalized spacial score (nSPS) is 21.9. The Bertz CT molecular complexity index is 1630. The summed E-state index contributed by atoms with van der Waals surface area (Å²) in [7, 11) is -4.31. The molecule has 2 N–H and O–H groups in total. The Morgan fingerprint density at radius 3 is 2.65 bits per heavy atom. The molecule has 6 rings (SSSR count). The first-order valence-electron chi connectivity index (χ1n) is 13.9. The van der Waals surface area contributed by atoms with Crippen LogP contribution in [-0.4, -0.2) is 32.1 Å². The van der Waals surface area contributed by atoms with E-state index in [-0.39, 0.29) is 54.5 Å². The van der Waals surface area contributed by atoms with Crippen LogP contribution >= 0.6 is 7.82 Å². The highest BCUT2D eigenvalue weighted by Crippen LogP contribution is 2.46. The number of fused-ring (bicyclic) bond motifs is 5. The summed E-state index contributed by atoms with van der Waals surface area (Å²) in [4.78, 5) is 41.2. The highest BCUT2D eigenvalue weighted by atomic mass is 31.2. The maximum atomic E-state index is 13.5. The number of phosphoric acid groups is 1. The van der Waals surface area contributed by atoms with E-state index in [9.17, 15) is 24.2 Å². The number of aromatic nitrogens is 2. The Hall–Kier alpha value is -3.04. The summed E-state index contributed by atoms with van der Waals surface area (Å²) in [6, 6.07) is 6.67. The van der Waals surface area contributed by atoms with Gasteiger partial charge in [0.2, 0.25) is 0 Å². The van der Waals surface area contributed by atoms with Gasteiger partial charge in [0.15, 0.2) is 5.60 Å².